The van der Waals surface area contributed by atoms with E-state index in [2.05, 4.69) is 0 Å². The summed E-state index contributed by atoms with van der Waals surface area (Å²) in [7, 11) is 0. The van der Waals surface area contributed by atoms with Crippen molar-refractivity contribution in [3.05, 3.63) is 29.3 Å². The Balaban J connectivity index is 0.000000606. The third-order valence-corrected chi connectivity index (χ3v) is 2.77. The van der Waals surface area contributed by atoms with Crippen LogP contribution in [0, 0.1) is 6.92 Å². The molecule has 0 aliphatic carbocycles. The summed E-state index contributed by atoms with van der Waals surface area (Å²) in [5.41, 5.74) is 1.51. The number of hydrogen-bond donors (Lipinski definition) is 0. The van der Waals surface area contributed by atoms with Gasteiger partial charge in [0.1, 0.15) is 5.75 Å². The standard InChI is InChI=1S/C11H12F2O.C2H6/c1-7-4-3-5-9-10(7)8(2)11(12,13)6-14-9;1-2/h3-5,8H,6H2,1-2H3;1-2H3. The fourth-order valence-corrected chi connectivity index (χ4v) is 1.84. The molecule has 1 aromatic carbocycles. The van der Waals surface area contributed by atoms with Gasteiger partial charge in [0.05, 0.1) is 5.92 Å². The molecule has 0 bridgehead atoms. The van der Waals surface area contributed by atoms with Crippen LogP contribution >= 0.6 is 0 Å². The van der Waals surface area contributed by atoms with Crippen LogP contribution in [0.25, 0.3) is 0 Å². The number of fused-ring (bicyclic) bond motifs is 1. The first kappa shape index (κ1) is 12.9. The third-order valence-electron chi connectivity index (χ3n) is 2.77. The second-order valence-electron chi connectivity index (χ2n) is 3.76. The van der Waals surface area contributed by atoms with Crippen LogP contribution in [-0.4, -0.2) is 12.5 Å². The molecule has 0 amide bonds. The first-order chi connectivity index (χ1) is 7.52. The van der Waals surface area contributed by atoms with E-state index in [1.807, 2.05) is 32.9 Å². The van der Waals surface area contributed by atoms with Crippen LogP contribution in [0.5, 0.6) is 5.75 Å². The van der Waals surface area contributed by atoms with E-state index in [4.69, 9.17) is 4.74 Å². The molecule has 0 saturated heterocycles. The fourth-order valence-electron chi connectivity index (χ4n) is 1.84. The third kappa shape index (κ3) is 2.18. The van der Waals surface area contributed by atoms with Gasteiger partial charge in [-0.25, -0.2) is 8.78 Å². The maximum Gasteiger partial charge on any atom is 0.287 e. The highest BCUT2D eigenvalue weighted by Crippen LogP contribution is 2.43. The van der Waals surface area contributed by atoms with E-state index >= 15 is 0 Å². The minimum absolute atomic E-state index is 0.509. The zero-order valence-corrected chi connectivity index (χ0v) is 10.2. The minimum Gasteiger partial charge on any atom is -0.487 e. The molecule has 1 atom stereocenters. The van der Waals surface area contributed by atoms with Crippen molar-refractivity contribution in [2.24, 2.45) is 0 Å². The van der Waals surface area contributed by atoms with Gasteiger partial charge in [-0.1, -0.05) is 32.9 Å². The van der Waals surface area contributed by atoms with Crippen LogP contribution < -0.4 is 4.74 Å². The second-order valence-corrected chi connectivity index (χ2v) is 3.76. The molecule has 0 radical (unpaired) electrons. The van der Waals surface area contributed by atoms with Gasteiger partial charge in [-0.3, -0.25) is 0 Å². The molecule has 1 aliphatic heterocycles. The van der Waals surface area contributed by atoms with Gasteiger partial charge in [-0.15, -0.1) is 0 Å². The highest BCUT2D eigenvalue weighted by molar-refractivity contribution is 5.44. The lowest BCUT2D eigenvalue weighted by Gasteiger charge is -2.32. The summed E-state index contributed by atoms with van der Waals surface area (Å²) in [6.45, 7) is 6.87. The number of aryl methyl sites for hydroxylation is 1. The lowest BCUT2D eigenvalue weighted by atomic mass is 9.89. The number of rotatable bonds is 0. The van der Waals surface area contributed by atoms with Gasteiger partial charge >= 0.3 is 0 Å². The zero-order valence-electron chi connectivity index (χ0n) is 10.2. The molecule has 0 N–H and O–H groups in total. The van der Waals surface area contributed by atoms with Crippen molar-refractivity contribution in [1.82, 2.24) is 0 Å². The molecule has 90 valence electrons. The molecule has 16 heavy (non-hydrogen) atoms. The van der Waals surface area contributed by atoms with E-state index in [9.17, 15) is 8.78 Å². The summed E-state index contributed by atoms with van der Waals surface area (Å²) in [5.74, 6) is -2.91. The first-order valence-electron chi connectivity index (χ1n) is 5.62. The van der Waals surface area contributed by atoms with Crippen molar-refractivity contribution in [3.8, 4) is 5.75 Å². The van der Waals surface area contributed by atoms with Crippen LogP contribution in [-0.2, 0) is 0 Å². The van der Waals surface area contributed by atoms with Gasteiger partial charge in [0.15, 0.2) is 6.61 Å². The van der Waals surface area contributed by atoms with Gasteiger partial charge in [0.25, 0.3) is 5.92 Å². The molecular weight excluding hydrogens is 210 g/mol. The maximum absolute atomic E-state index is 13.3. The van der Waals surface area contributed by atoms with Crippen molar-refractivity contribution in [3.63, 3.8) is 0 Å². The van der Waals surface area contributed by atoms with Crippen LogP contribution in [0.2, 0.25) is 0 Å². The Morgan fingerprint density at radius 3 is 2.56 bits per heavy atom. The molecule has 1 unspecified atom stereocenters. The quantitative estimate of drug-likeness (QED) is 0.648. The molecular formula is C13H18F2O. The Morgan fingerprint density at radius 2 is 1.94 bits per heavy atom. The Hall–Kier alpha value is -1.12. The van der Waals surface area contributed by atoms with Crippen molar-refractivity contribution >= 4 is 0 Å². The molecule has 1 aliphatic rings. The van der Waals surface area contributed by atoms with Gasteiger partial charge in [0.2, 0.25) is 0 Å². The number of benzene rings is 1. The molecule has 0 aromatic heterocycles. The second kappa shape index (κ2) is 4.81. The van der Waals surface area contributed by atoms with Crippen LogP contribution in [0.4, 0.5) is 8.78 Å². The van der Waals surface area contributed by atoms with Gasteiger partial charge in [-0.05, 0) is 18.6 Å². The number of hydrogen-bond acceptors (Lipinski definition) is 1. The van der Waals surface area contributed by atoms with E-state index in [1.165, 1.54) is 0 Å². The van der Waals surface area contributed by atoms with Gasteiger partial charge < -0.3 is 4.74 Å². The van der Waals surface area contributed by atoms with Crippen LogP contribution in [0.15, 0.2) is 18.2 Å². The summed E-state index contributed by atoms with van der Waals surface area (Å²) < 4.78 is 31.7. The smallest absolute Gasteiger partial charge is 0.287 e. The average Bonchev–Trinajstić information content (AvgIpc) is 2.27. The molecule has 0 spiro atoms. The monoisotopic (exact) mass is 228 g/mol. The fraction of sp³-hybridized carbons (Fsp3) is 0.538. The molecule has 1 aromatic rings. The first-order valence-corrected chi connectivity index (χ1v) is 5.62. The predicted molar refractivity (Wildman–Crippen MR) is 61.4 cm³/mol. The molecule has 1 nitrogen and oxygen atoms in total. The maximum atomic E-state index is 13.3. The minimum atomic E-state index is -2.75. The van der Waals surface area contributed by atoms with Gasteiger partial charge in [-0.2, -0.15) is 0 Å². The average molecular weight is 228 g/mol. The van der Waals surface area contributed by atoms with Crippen LogP contribution in [0.3, 0.4) is 0 Å². The summed E-state index contributed by atoms with van der Waals surface area (Å²) >= 11 is 0. The Bertz CT molecular complexity index is 361. The lowest BCUT2D eigenvalue weighted by molar-refractivity contribution is -0.0724. The van der Waals surface area contributed by atoms with Crippen molar-refractivity contribution in [1.29, 1.82) is 0 Å². The predicted octanol–water partition coefficient (Wildman–Crippen LogP) is 4.15. The molecule has 2 rings (SSSR count). The Labute approximate surface area is 95.4 Å². The topological polar surface area (TPSA) is 9.23 Å². The van der Waals surface area contributed by atoms with E-state index in [1.54, 1.807) is 13.0 Å². The van der Waals surface area contributed by atoms with E-state index in [-0.39, 0.29) is 0 Å². The van der Waals surface area contributed by atoms with E-state index in [0.717, 1.165) is 5.56 Å². The number of halogens is 2. The largest absolute Gasteiger partial charge is 0.487 e. The van der Waals surface area contributed by atoms with Crippen LogP contribution in [0.1, 0.15) is 37.8 Å². The van der Waals surface area contributed by atoms with Crippen molar-refractivity contribution < 1.29 is 13.5 Å². The van der Waals surface area contributed by atoms with Crippen molar-refractivity contribution in [2.45, 2.75) is 39.5 Å². The lowest BCUT2D eigenvalue weighted by Crippen LogP contribution is -2.36. The molecule has 3 heteroatoms. The molecule has 0 saturated carbocycles. The molecule has 0 fully saturated rings. The summed E-state index contributed by atoms with van der Waals surface area (Å²) in [4.78, 5) is 0. The Kier molecular flexibility index (Phi) is 3.89. The number of ether oxygens (including phenoxy) is 1. The highest BCUT2D eigenvalue weighted by atomic mass is 19.3. The SMILES string of the molecule is CC.Cc1cccc2c1C(C)C(F)(F)CO2. The van der Waals surface area contributed by atoms with Gasteiger partial charge in [0, 0.05) is 5.56 Å². The highest BCUT2D eigenvalue weighted by Gasteiger charge is 2.43. The number of alkyl halides is 2. The summed E-state index contributed by atoms with van der Waals surface area (Å²) in [6, 6.07) is 5.40. The normalized spacial score (nSPS) is 21.2. The Morgan fingerprint density at radius 1 is 1.31 bits per heavy atom. The summed E-state index contributed by atoms with van der Waals surface area (Å²) in [5, 5.41) is 0. The molecule has 1 heterocycles. The van der Waals surface area contributed by atoms with E-state index < -0.39 is 18.4 Å². The van der Waals surface area contributed by atoms with Crippen molar-refractivity contribution in [2.75, 3.05) is 6.61 Å². The van der Waals surface area contributed by atoms with E-state index in [0.29, 0.717) is 11.3 Å². The zero-order chi connectivity index (χ0) is 12.3. The summed E-state index contributed by atoms with van der Waals surface area (Å²) in [6.07, 6.45) is 0.